The number of alkyl halides is 2. The topological polar surface area (TPSA) is 107 Å². The van der Waals surface area contributed by atoms with Crippen LogP contribution in [0.4, 0.5) is 8.78 Å². The summed E-state index contributed by atoms with van der Waals surface area (Å²) in [5.41, 5.74) is 0. The highest BCUT2D eigenvalue weighted by Gasteiger charge is 2.44. The van der Waals surface area contributed by atoms with E-state index in [1.165, 1.54) is 0 Å². The molecule has 0 aliphatic carbocycles. The van der Waals surface area contributed by atoms with E-state index in [-0.39, 0.29) is 0 Å². The Morgan fingerprint density at radius 1 is 1.29 bits per heavy atom. The molecule has 1 aromatic rings. The molecule has 0 aliphatic rings. The van der Waals surface area contributed by atoms with Crippen LogP contribution in [0.15, 0.2) is 10.5 Å². The number of aliphatic carboxylic acids is 1. The lowest BCUT2D eigenvalue weighted by Gasteiger charge is -2.16. The molecule has 4 N–H and O–H groups in total. The summed E-state index contributed by atoms with van der Waals surface area (Å²) >= 11 is 2.63. The molecule has 1 rings (SSSR count). The number of carbonyl (C=O) groups is 1. The number of carboxylic acid groups (broad SMARTS) is 1. The summed E-state index contributed by atoms with van der Waals surface area (Å²) in [6, 6.07) is 0.594. The molecular weight excluding hydrogens is 310 g/mol. The van der Waals surface area contributed by atoms with Gasteiger partial charge in [0.25, 0.3) is 0 Å². The van der Waals surface area contributed by atoms with Gasteiger partial charge in [0.2, 0.25) is 5.75 Å². The van der Waals surface area contributed by atoms with E-state index in [0.29, 0.717) is 6.07 Å². The lowest BCUT2D eigenvalue weighted by Crippen LogP contribution is -2.34. The Labute approximate surface area is 101 Å². The number of ether oxygens (including phenoxy) is 1. The molecule has 0 saturated heterocycles. The molecule has 94 valence electrons. The summed E-state index contributed by atoms with van der Waals surface area (Å²) in [5.74, 6) is -6.49. The quantitative estimate of drug-likeness (QED) is 0.675. The van der Waals surface area contributed by atoms with Gasteiger partial charge in [0.15, 0.2) is 11.5 Å². The molecule has 0 saturated carbocycles. The molecule has 0 aromatic heterocycles. The third kappa shape index (κ3) is 2.49. The first-order valence-corrected chi connectivity index (χ1v) is 4.69. The fourth-order valence-corrected chi connectivity index (χ4v) is 1.17. The second-order valence-electron chi connectivity index (χ2n) is 2.83. The van der Waals surface area contributed by atoms with Gasteiger partial charge in [0.1, 0.15) is 10.2 Å². The molecule has 0 unspecified atom stereocenters. The molecular formula is C8H5BrF2O6. The van der Waals surface area contributed by atoms with Gasteiger partial charge < -0.3 is 25.2 Å². The number of aromatic hydroxyl groups is 3. The predicted octanol–water partition coefficient (Wildman–Crippen LogP) is 1.62. The summed E-state index contributed by atoms with van der Waals surface area (Å²) < 4.78 is 28.7. The van der Waals surface area contributed by atoms with Gasteiger partial charge in [-0.2, -0.15) is 8.78 Å². The van der Waals surface area contributed by atoms with Crippen LogP contribution in [0.1, 0.15) is 0 Å². The van der Waals surface area contributed by atoms with Crippen LogP contribution in [-0.2, 0) is 4.79 Å². The Morgan fingerprint density at radius 3 is 2.29 bits per heavy atom. The van der Waals surface area contributed by atoms with Crippen molar-refractivity contribution in [3.8, 4) is 23.0 Å². The molecule has 0 bridgehead atoms. The summed E-state index contributed by atoms with van der Waals surface area (Å²) in [7, 11) is 0. The normalized spacial score (nSPS) is 11.2. The van der Waals surface area contributed by atoms with E-state index < -0.39 is 39.5 Å². The van der Waals surface area contributed by atoms with E-state index in [1.807, 2.05) is 0 Å². The number of hydrogen-bond acceptors (Lipinski definition) is 5. The first-order chi connectivity index (χ1) is 7.66. The van der Waals surface area contributed by atoms with E-state index in [2.05, 4.69) is 20.7 Å². The molecule has 0 heterocycles. The maximum Gasteiger partial charge on any atom is 0.502 e. The Bertz CT molecular complexity index is 476. The van der Waals surface area contributed by atoms with E-state index in [9.17, 15) is 18.7 Å². The van der Waals surface area contributed by atoms with Gasteiger partial charge in [-0.05, 0) is 15.9 Å². The van der Waals surface area contributed by atoms with Crippen LogP contribution in [0.25, 0.3) is 0 Å². The molecule has 0 atom stereocenters. The largest absolute Gasteiger partial charge is 0.506 e. The number of hydrogen-bond donors (Lipinski definition) is 4. The number of phenolic OH excluding ortho intramolecular Hbond substituents is 3. The highest BCUT2D eigenvalue weighted by molar-refractivity contribution is 9.10. The number of carboxylic acids is 1. The Kier molecular flexibility index (Phi) is 3.32. The Morgan fingerprint density at radius 2 is 1.82 bits per heavy atom. The highest BCUT2D eigenvalue weighted by atomic mass is 79.9. The molecule has 0 fully saturated rings. The van der Waals surface area contributed by atoms with Crippen LogP contribution in [-0.4, -0.2) is 32.5 Å². The molecule has 9 heteroatoms. The maximum absolute atomic E-state index is 12.7. The summed E-state index contributed by atoms with van der Waals surface area (Å²) in [5, 5.41) is 35.6. The van der Waals surface area contributed by atoms with E-state index >= 15 is 0 Å². The molecule has 0 amide bonds. The maximum atomic E-state index is 12.7. The molecule has 0 radical (unpaired) electrons. The second kappa shape index (κ2) is 4.24. The van der Waals surface area contributed by atoms with Gasteiger partial charge in [0, 0.05) is 6.07 Å². The van der Waals surface area contributed by atoms with Gasteiger partial charge in [-0.15, -0.1) is 0 Å². The van der Waals surface area contributed by atoms with Gasteiger partial charge in [-0.25, -0.2) is 4.79 Å². The number of halogens is 3. The van der Waals surface area contributed by atoms with Crippen molar-refractivity contribution < 1.29 is 38.7 Å². The van der Waals surface area contributed by atoms with Gasteiger partial charge in [-0.1, -0.05) is 0 Å². The average Bonchev–Trinajstić information content (AvgIpc) is 2.21. The van der Waals surface area contributed by atoms with Crippen LogP contribution in [0.2, 0.25) is 0 Å². The smallest absolute Gasteiger partial charge is 0.502 e. The van der Waals surface area contributed by atoms with Crippen molar-refractivity contribution in [1.29, 1.82) is 0 Å². The molecule has 1 aromatic carbocycles. The first-order valence-electron chi connectivity index (χ1n) is 3.90. The van der Waals surface area contributed by atoms with Crippen molar-refractivity contribution in [3.63, 3.8) is 0 Å². The molecule has 0 aliphatic heterocycles. The van der Waals surface area contributed by atoms with Crippen molar-refractivity contribution in [2.24, 2.45) is 0 Å². The van der Waals surface area contributed by atoms with Crippen molar-refractivity contribution >= 4 is 21.9 Å². The zero-order chi connectivity index (χ0) is 13.4. The van der Waals surface area contributed by atoms with Crippen molar-refractivity contribution in [2.45, 2.75) is 6.11 Å². The van der Waals surface area contributed by atoms with Crippen molar-refractivity contribution in [2.75, 3.05) is 0 Å². The SMILES string of the molecule is O=C(O)C(F)(F)Oc1c(O)cc(O)c(Br)c1O. The molecule has 0 spiro atoms. The van der Waals surface area contributed by atoms with Crippen LogP contribution in [0, 0.1) is 0 Å². The van der Waals surface area contributed by atoms with Crippen LogP contribution in [0.3, 0.4) is 0 Å². The van der Waals surface area contributed by atoms with Gasteiger partial charge >= 0.3 is 12.1 Å². The van der Waals surface area contributed by atoms with Gasteiger partial charge in [-0.3, -0.25) is 0 Å². The van der Waals surface area contributed by atoms with Gasteiger partial charge in [0.05, 0.1) is 0 Å². The number of phenols is 3. The minimum absolute atomic E-state index is 0.425. The van der Waals surface area contributed by atoms with Crippen molar-refractivity contribution in [1.82, 2.24) is 0 Å². The lowest BCUT2D eigenvalue weighted by atomic mass is 10.2. The Hall–Kier alpha value is -1.77. The minimum Gasteiger partial charge on any atom is -0.506 e. The monoisotopic (exact) mass is 314 g/mol. The fourth-order valence-electron chi connectivity index (χ4n) is 0.873. The summed E-state index contributed by atoms with van der Waals surface area (Å²) in [4.78, 5) is 10.1. The van der Waals surface area contributed by atoms with Crippen LogP contribution >= 0.6 is 15.9 Å². The third-order valence-corrected chi connectivity index (χ3v) is 2.41. The minimum atomic E-state index is -4.63. The zero-order valence-corrected chi connectivity index (χ0v) is 9.40. The predicted molar refractivity (Wildman–Crippen MR) is 52.3 cm³/mol. The number of rotatable bonds is 3. The highest BCUT2D eigenvalue weighted by Crippen LogP contribution is 2.47. The third-order valence-electron chi connectivity index (χ3n) is 1.63. The second-order valence-corrected chi connectivity index (χ2v) is 3.62. The van der Waals surface area contributed by atoms with E-state index in [1.54, 1.807) is 0 Å². The molecule has 17 heavy (non-hydrogen) atoms. The number of benzene rings is 1. The van der Waals surface area contributed by atoms with Crippen molar-refractivity contribution in [3.05, 3.63) is 10.5 Å². The average molecular weight is 315 g/mol. The van der Waals surface area contributed by atoms with E-state index in [0.717, 1.165) is 0 Å². The lowest BCUT2D eigenvalue weighted by molar-refractivity contribution is -0.211. The molecule has 6 nitrogen and oxygen atoms in total. The van der Waals surface area contributed by atoms with E-state index in [4.69, 9.17) is 15.3 Å². The standard InChI is InChI=1S/C8H5BrF2O6/c9-4-2(12)1-3(13)6(5(4)14)17-8(10,11)7(15)16/h1,12-14H,(H,15,16). The Balaban J connectivity index is 3.25. The fraction of sp³-hybridized carbons (Fsp3) is 0.125. The zero-order valence-electron chi connectivity index (χ0n) is 7.82. The summed E-state index contributed by atoms with van der Waals surface area (Å²) in [6.45, 7) is 0. The first kappa shape index (κ1) is 13.3. The van der Waals surface area contributed by atoms with Crippen LogP contribution < -0.4 is 4.74 Å². The van der Waals surface area contributed by atoms with Crippen LogP contribution in [0.5, 0.6) is 23.0 Å². The summed E-state index contributed by atoms with van der Waals surface area (Å²) in [6.07, 6.45) is -4.63.